The fourth-order valence-electron chi connectivity index (χ4n) is 3.40. The number of pyridine rings is 1. The van der Waals surface area contributed by atoms with Crippen molar-refractivity contribution in [3.8, 4) is 5.75 Å². The van der Waals surface area contributed by atoms with Gasteiger partial charge in [-0.1, -0.05) is 18.2 Å². The zero-order valence-corrected chi connectivity index (χ0v) is 14.6. The minimum Gasteiger partial charge on any atom is -0.486 e. The number of hydrogen-bond acceptors (Lipinski definition) is 3. The maximum atomic E-state index is 12.5. The second-order valence-corrected chi connectivity index (χ2v) is 7.04. The lowest BCUT2D eigenvalue weighted by molar-refractivity contribution is 0.0176. The molecule has 0 unspecified atom stereocenters. The monoisotopic (exact) mass is 338 g/mol. The summed E-state index contributed by atoms with van der Waals surface area (Å²) in [5.41, 5.74) is 2.67. The van der Waals surface area contributed by atoms with Crippen LogP contribution in [0, 0.1) is 13.8 Å². The number of benzene rings is 1. The Labute approximate surface area is 146 Å². The third-order valence-corrected chi connectivity index (χ3v) is 4.96. The highest BCUT2D eigenvalue weighted by Crippen LogP contribution is 2.35. The third kappa shape index (κ3) is 3.06. The van der Waals surface area contributed by atoms with Crippen LogP contribution >= 0.6 is 0 Å². The Morgan fingerprint density at radius 1 is 1.12 bits per heavy atom. The van der Waals surface area contributed by atoms with E-state index in [-0.39, 0.29) is 17.6 Å². The Morgan fingerprint density at radius 2 is 1.84 bits per heavy atom. The fraction of sp³-hybridized carbons (Fsp3) is 0.400. The number of rotatable bonds is 4. The maximum Gasteiger partial charge on any atom is 0.254 e. The number of hydrogen-bond donors (Lipinski definition) is 0. The third-order valence-electron chi connectivity index (χ3n) is 4.96. The van der Waals surface area contributed by atoms with Crippen LogP contribution in [0.15, 0.2) is 41.2 Å². The summed E-state index contributed by atoms with van der Waals surface area (Å²) in [6.07, 6.45) is 2.11. The normalized spacial score (nSPS) is 17.3. The van der Waals surface area contributed by atoms with E-state index in [2.05, 4.69) is 0 Å². The van der Waals surface area contributed by atoms with Gasteiger partial charge in [0.1, 0.15) is 11.9 Å². The maximum absolute atomic E-state index is 12.5. The van der Waals surface area contributed by atoms with Gasteiger partial charge in [-0.3, -0.25) is 9.59 Å². The molecule has 2 aromatic rings. The number of likely N-dealkylation sites (tertiary alicyclic amines) is 1. The molecule has 1 aliphatic carbocycles. The zero-order valence-electron chi connectivity index (χ0n) is 14.6. The van der Waals surface area contributed by atoms with E-state index in [1.54, 1.807) is 11.0 Å². The van der Waals surface area contributed by atoms with E-state index in [1.807, 2.05) is 48.7 Å². The second-order valence-electron chi connectivity index (χ2n) is 7.04. The molecule has 0 N–H and O–H groups in total. The largest absolute Gasteiger partial charge is 0.486 e. The van der Waals surface area contributed by atoms with Crippen LogP contribution in [-0.4, -0.2) is 34.6 Å². The van der Waals surface area contributed by atoms with E-state index in [0.717, 1.165) is 29.7 Å². The van der Waals surface area contributed by atoms with Gasteiger partial charge in [0.25, 0.3) is 11.5 Å². The SMILES string of the molecule is Cc1ccccc1C(=O)N1CC(Oc2cc(C)n(C3CC3)c(=O)c2)C1. The second kappa shape index (κ2) is 6.06. The first-order chi connectivity index (χ1) is 12.0. The summed E-state index contributed by atoms with van der Waals surface area (Å²) in [6, 6.07) is 11.5. The van der Waals surface area contributed by atoms with Crippen molar-refractivity contribution in [3.63, 3.8) is 0 Å². The van der Waals surface area contributed by atoms with Crippen molar-refractivity contribution in [2.45, 2.75) is 38.8 Å². The van der Waals surface area contributed by atoms with Crippen molar-refractivity contribution in [2.24, 2.45) is 0 Å². The van der Waals surface area contributed by atoms with Crippen molar-refractivity contribution < 1.29 is 9.53 Å². The van der Waals surface area contributed by atoms with Gasteiger partial charge in [0, 0.05) is 23.4 Å². The van der Waals surface area contributed by atoms with Gasteiger partial charge in [0.15, 0.2) is 0 Å². The summed E-state index contributed by atoms with van der Waals surface area (Å²) in [6.45, 7) is 5.00. The van der Waals surface area contributed by atoms with Crippen molar-refractivity contribution in [1.82, 2.24) is 9.47 Å². The number of nitrogens with zero attached hydrogens (tertiary/aromatic N) is 2. The number of aryl methyl sites for hydroxylation is 2. The molecule has 0 spiro atoms. The summed E-state index contributed by atoms with van der Waals surface area (Å²) in [7, 11) is 0. The van der Waals surface area contributed by atoms with Gasteiger partial charge in [0.05, 0.1) is 13.1 Å². The van der Waals surface area contributed by atoms with Crippen LogP contribution in [-0.2, 0) is 0 Å². The zero-order chi connectivity index (χ0) is 17.6. The van der Waals surface area contributed by atoms with E-state index in [4.69, 9.17) is 4.74 Å². The molecule has 0 radical (unpaired) electrons. The number of amides is 1. The summed E-state index contributed by atoms with van der Waals surface area (Å²) < 4.78 is 7.76. The molecule has 25 heavy (non-hydrogen) atoms. The van der Waals surface area contributed by atoms with Crippen LogP contribution in [0.3, 0.4) is 0 Å². The number of carbonyl (C=O) groups is 1. The first-order valence-electron chi connectivity index (χ1n) is 8.77. The van der Waals surface area contributed by atoms with E-state index >= 15 is 0 Å². The molecule has 130 valence electrons. The Hall–Kier alpha value is -2.56. The van der Waals surface area contributed by atoms with Crippen LogP contribution in [0.5, 0.6) is 5.75 Å². The molecule has 4 rings (SSSR count). The van der Waals surface area contributed by atoms with Crippen molar-refractivity contribution in [3.05, 3.63) is 63.6 Å². The Bertz CT molecular complexity index is 877. The van der Waals surface area contributed by atoms with E-state index in [0.29, 0.717) is 24.9 Å². The van der Waals surface area contributed by atoms with Gasteiger partial charge in [-0.25, -0.2) is 0 Å². The molecule has 1 aromatic carbocycles. The molecule has 1 aromatic heterocycles. The average Bonchev–Trinajstić information content (AvgIpc) is 3.34. The predicted molar refractivity (Wildman–Crippen MR) is 95.2 cm³/mol. The Balaban J connectivity index is 1.39. The molecular weight excluding hydrogens is 316 g/mol. The standard InChI is InChI=1S/C20H22N2O3/c1-13-5-3-4-6-18(13)20(24)21-11-17(12-21)25-16-9-14(2)22(15-7-8-15)19(23)10-16/h3-6,9-10,15,17H,7-8,11-12H2,1-2H3. The van der Waals surface area contributed by atoms with Crippen LogP contribution in [0.2, 0.25) is 0 Å². The molecule has 1 amide bonds. The lowest BCUT2D eigenvalue weighted by Gasteiger charge is -2.39. The van der Waals surface area contributed by atoms with Gasteiger partial charge in [0.2, 0.25) is 0 Å². The number of carbonyl (C=O) groups excluding carboxylic acids is 1. The van der Waals surface area contributed by atoms with Crippen LogP contribution < -0.4 is 10.3 Å². The average molecular weight is 338 g/mol. The van der Waals surface area contributed by atoms with Gasteiger partial charge in [-0.2, -0.15) is 0 Å². The fourth-order valence-corrected chi connectivity index (χ4v) is 3.40. The lowest BCUT2D eigenvalue weighted by Crippen LogP contribution is -2.56. The number of aromatic nitrogens is 1. The molecular formula is C20H22N2O3. The van der Waals surface area contributed by atoms with Gasteiger partial charge in [-0.05, 0) is 44.4 Å². The molecule has 0 atom stereocenters. The highest BCUT2D eigenvalue weighted by molar-refractivity contribution is 5.96. The smallest absolute Gasteiger partial charge is 0.254 e. The van der Waals surface area contributed by atoms with Crippen LogP contribution in [0.1, 0.15) is 40.5 Å². The topological polar surface area (TPSA) is 51.5 Å². The molecule has 0 bridgehead atoms. The molecule has 5 heteroatoms. The van der Waals surface area contributed by atoms with Crippen molar-refractivity contribution >= 4 is 5.91 Å². The summed E-state index contributed by atoms with van der Waals surface area (Å²) in [5, 5.41) is 0. The Morgan fingerprint density at radius 3 is 2.48 bits per heavy atom. The highest BCUT2D eigenvalue weighted by Gasteiger charge is 2.33. The summed E-state index contributed by atoms with van der Waals surface area (Å²) in [4.78, 5) is 26.5. The molecule has 5 nitrogen and oxygen atoms in total. The van der Waals surface area contributed by atoms with Gasteiger partial charge >= 0.3 is 0 Å². The summed E-state index contributed by atoms with van der Waals surface area (Å²) >= 11 is 0. The lowest BCUT2D eigenvalue weighted by atomic mass is 10.0. The van der Waals surface area contributed by atoms with Crippen molar-refractivity contribution in [2.75, 3.05) is 13.1 Å². The molecule has 1 aliphatic heterocycles. The van der Waals surface area contributed by atoms with E-state index < -0.39 is 0 Å². The Kier molecular flexibility index (Phi) is 3.86. The molecule has 1 saturated heterocycles. The first-order valence-corrected chi connectivity index (χ1v) is 8.77. The van der Waals surface area contributed by atoms with Crippen molar-refractivity contribution in [1.29, 1.82) is 0 Å². The summed E-state index contributed by atoms with van der Waals surface area (Å²) in [5.74, 6) is 0.644. The molecule has 2 fully saturated rings. The van der Waals surface area contributed by atoms with Gasteiger partial charge < -0.3 is 14.2 Å². The predicted octanol–water partition coefficient (Wildman–Crippen LogP) is 2.70. The quantitative estimate of drug-likeness (QED) is 0.861. The molecule has 1 saturated carbocycles. The minimum atomic E-state index is -0.0523. The minimum absolute atomic E-state index is 0.00432. The van der Waals surface area contributed by atoms with Crippen LogP contribution in [0.25, 0.3) is 0 Å². The van der Waals surface area contributed by atoms with Crippen LogP contribution in [0.4, 0.5) is 0 Å². The van der Waals surface area contributed by atoms with Gasteiger partial charge in [-0.15, -0.1) is 0 Å². The molecule has 2 aliphatic rings. The van der Waals surface area contributed by atoms with E-state index in [1.165, 1.54) is 0 Å². The first kappa shape index (κ1) is 15.9. The van der Waals surface area contributed by atoms with E-state index in [9.17, 15) is 9.59 Å². The number of ether oxygens (including phenoxy) is 1. The highest BCUT2D eigenvalue weighted by atomic mass is 16.5. The molecule has 2 heterocycles.